The van der Waals surface area contributed by atoms with Crippen LogP contribution in [0.2, 0.25) is 0 Å². The van der Waals surface area contributed by atoms with E-state index in [2.05, 4.69) is 5.32 Å². The van der Waals surface area contributed by atoms with Gasteiger partial charge in [-0.05, 0) is 13.0 Å². The van der Waals surface area contributed by atoms with Gasteiger partial charge in [0.05, 0.1) is 0 Å². The monoisotopic (exact) mass is 282 g/mol. The molecule has 1 amide bonds. The van der Waals surface area contributed by atoms with E-state index in [9.17, 15) is 18.0 Å². The smallest absolute Gasteiger partial charge is 0.340 e. The highest BCUT2D eigenvalue weighted by atomic mass is 32.2. The van der Waals surface area contributed by atoms with Gasteiger partial charge >= 0.3 is 6.18 Å². The number of carbonyl (C=O) groups is 1. The van der Waals surface area contributed by atoms with Crippen molar-refractivity contribution in [3.8, 4) is 0 Å². The van der Waals surface area contributed by atoms with E-state index >= 15 is 0 Å². The van der Waals surface area contributed by atoms with Gasteiger partial charge in [0.25, 0.3) is 0 Å². The first-order valence-corrected chi connectivity index (χ1v) is 7.10. The third-order valence-electron chi connectivity index (χ3n) is 3.64. The molecule has 104 valence electrons. The molecule has 2 aliphatic heterocycles. The molecule has 2 aliphatic rings. The maximum absolute atomic E-state index is 13.2. The number of amides is 1. The number of nitrogens with one attached hydrogen (secondary N) is 1. The quantitative estimate of drug-likeness (QED) is 0.791. The Labute approximate surface area is 108 Å². The van der Waals surface area contributed by atoms with Crippen LogP contribution in [0.25, 0.3) is 0 Å². The van der Waals surface area contributed by atoms with Gasteiger partial charge in [0.15, 0.2) is 5.41 Å². The topological polar surface area (TPSA) is 32.3 Å². The summed E-state index contributed by atoms with van der Waals surface area (Å²) < 4.78 is 39.7. The van der Waals surface area contributed by atoms with Crippen molar-refractivity contribution in [3.63, 3.8) is 0 Å². The zero-order valence-electron chi connectivity index (χ0n) is 10.2. The van der Waals surface area contributed by atoms with Crippen LogP contribution in [-0.2, 0) is 4.79 Å². The lowest BCUT2D eigenvalue weighted by Gasteiger charge is -2.38. The highest BCUT2D eigenvalue weighted by molar-refractivity contribution is 7.99. The molecule has 2 fully saturated rings. The van der Waals surface area contributed by atoms with E-state index in [-0.39, 0.29) is 24.8 Å². The molecule has 0 saturated carbocycles. The van der Waals surface area contributed by atoms with Crippen LogP contribution in [0.1, 0.15) is 13.3 Å². The highest BCUT2D eigenvalue weighted by Crippen LogP contribution is 2.44. The molecule has 0 aliphatic carbocycles. The number of thioether (sulfide) groups is 1. The van der Waals surface area contributed by atoms with E-state index in [0.29, 0.717) is 18.8 Å². The second-order valence-electron chi connectivity index (χ2n) is 4.94. The van der Waals surface area contributed by atoms with Crippen molar-refractivity contribution in [1.82, 2.24) is 10.2 Å². The van der Waals surface area contributed by atoms with E-state index in [1.54, 1.807) is 11.8 Å². The van der Waals surface area contributed by atoms with Gasteiger partial charge in [-0.3, -0.25) is 4.79 Å². The van der Waals surface area contributed by atoms with Crippen LogP contribution in [0.4, 0.5) is 13.2 Å². The van der Waals surface area contributed by atoms with Crippen molar-refractivity contribution in [2.75, 3.05) is 31.9 Å². The Hall–Kier alpha value is -0.430. The van der Waals surface area contributed by atoms with Gasteiger partial charge in [-0.15, -0.1) is 0 Å². The number of alkyl halides is 3. The Morgan fingerprint density at radius 1 is 1.50 bits per heavy atom. The Morgan fingerprint density at radius 2 is 2.22 bits per heavy atom. The molecule has 7 heteroatoms. The summed E-state index contributed by atoms with van der Waals surface area (Å²) in [5.74, 6) is -0.0268. The predicted molar refractivity (Wildman–Crippen MR) is 64.5 cm³/mol. The van der Waals surface area contributed by atoms with Gasteiger partial charge in [0.2, 0.25) is 5.91 Å². The first-order chi connectivity index (χ1) is 8.37. The minimum Gasteiger partial charge on any atom is -0.340 e. The predicted octanol–water partition coefficient (Wildman–Crippen LogP) is 1.49. The van der Waals surface area contributed by atoms with Crippen LogP contribution in [0.3, 0.4) is 0 Å². The molecule has 0 aromatic rings. The zero-order valence-corrected chi connectivity index (χ0v) is 11.0. The van der Waals surface area contributed by atoms with Crippen LogP contribution >= 0.6 is 11.8 Å². The van der Waals surface area contributed by atoms with Crippen molar-refractivity contribution < 1.29 is 18.0 Å². The molecule has 2 saturated heterocycles. The van der Waals surface area contributed by atoms with Crippen molar-refractivity contribution in [2.24, 2.45) is 5.41 Å². The first kappa shape index (κ1) is 14.0. The van der Waals surface area contributed by atoms with E-state index in [0.717, 1.165) is 0 Å². The zero-order chi connectivity index (χ0) is 13.4. The number of hydrogen-bond acceptors (Lipinski definition) is 3. The Kier molecular flexibility index (Phi) is 3.82. The van der Waals surface area contributed by atoms with Crippen LogP contribution in [-0.4, -0.2) is 54.2 Å². The largest absolute Gasteiger partial charge is 0.404 e. The van der Waals surface area contributed by atoms with Crippen molar-refractivity contribution >= 4 is 17.7 Å². The normalized spacial score (nSPS) is 33.8. The maximum atomic E-state index is 13.2. The maximum Gasteiger partial charge on any atom is 0.404 e. The summed E-state index contributed by atoms with van der Waals surface area (Å²) in [5, 5.41) is 2.89. The summed E-state index contributed by atoms with van der Waals surface area (Å²) in [7, 11) is 0. The molecular weight excluding hydrogens is 265 g/mol. The standard InChI is InChI=1S/C11H17F3N2OS/c1-8-6-16(4-5-18-8)9(17)10(11(12,13)14)2-3-15-7-10/h8,15H,2-7H2,1H3. The summed E-state index contributed by atoms with van der Waals surface area (Å²) in [5.41, 5.74) is -2.20. The van der Waals surface area contributed by atoms with E-state index in [1.165, 1.54) is 4.90 Å². The number of rotatable bonds is 1. The highest BCUT2D eigenvalue weighted by Gasteiger charge is 2.62. The lowest BCUT2D eigenvalue weighted by atomic mass is 9.84. The second-order valence-corrected chi connectivity index (χ2v) is 6.49. The van der Waals surface area contributed by atoms with Crippen LogP contribution in [0.15, 0.2) is 0 Å². The molecule has 0 aromatic heterocycles. The minimum absolute atomic E-state index is 0.145. The molecule has 18 heavy (non-hydrogen) atoms. The van der Waals surface area contributed by atoms with Gasteiger partial charge in [-0.2, -0.15) is 24.9 Å². The Balaban J connectivity index is 2.19. The third kappa shape index (κ3) is 2.34. The average molecular weight is 282 g/mol. The summed E-state index contributed by atoms with van der Waals surface area (Å²) in [4.78, 5) is 13.7. The summed E-state index contributed by atoms with van der Waals surface area (Å²) in [6, 6.07) is 0. The van der Waals surface area contributed by atoms with Gasteiger partial charge < -0.3 is 10.2 Å². The number of carbonyl (C=O) groups excluding carboxylic acids is 1. The summed E-state index contributed by atoms with van der Waals surface area (Å²) >= 11 is 1.70. The second kappa shape index (κ2) is 4.92. The SMILES string of the molecule is CC1CN(C(=O)C2(C(F)(F)F)CCNC2)CCS1. The van der Waals surface area contributed by atoms with Crippen molar-refractivity contribution in [1.29, 1.82) is 0 Å². The van der Waals surface area contributed by atoms with Crippen LogP contribution in [0, 0.1) is 5.41 Å². The fraction of sp³-hybridized carbons (Fsp3) is 0.909. The lowest BCUT2D eigenvalue weighted by molar-refractivity contribution is -0.221. The van der Waals surface area contributed by atoms with Crippen molar-refractivity contribution in [3.05, 3.63) is 0 Å². The minimum atomic E-state index is -4.47. The third-order valence-corrected chi connectivity index (χ3v) is 4.77. The van der Waals surface area contributed by atoms with E-state index in [4.69, 9.17) is 0 Å². The fourth-order valence-electron chi connectivity index (χ4n) is 2.54. The summed E-state index contributed by atoms with van der Waals surface area (Å²) in [6.07, 6.45) is -4.62. The Morgan fingerprint density at radius 3 is 2.72 bits per heavy atom. The van der Waals surface area contributed by atoms with Gasteiger partial charge in [0, 0.05) is 30.6 Å². The van der Waals surface area contributed by atoms with E-state index in [1.807, 2.05) is 6.92 Å². The van der Waals surface area contributed by atoms with Gasteiger partial charge in [-0.25, -0.2) is 0 Å². The molecule has 0 bridgehead atoms. The Bertz CT molecular complexity index is 329. The molecule has 0 aromatic carbocycles. The number of hydrogen-bond donors (Lipinski definition) is 1. The van der Waals surface area contributed by atoms with Gasteiger partial charge in [0.1, 0.15) is 0 Å². The molecule has 2 unspecified atom stereocenters. The van der Waals surface area contributed by atoms with E-state index < -0.39 is 17.5 Å². The molecule has 0 radical (unpaired) electrons. The number of nitrogens with zero attached hydrogens (tertiary/aromatic N) is 1. The molecule has 3 nitrogen and oxygen atoms in total. The molecule has 0 spiro atoms. The first-order valence-electron chi connectivity index (χ1n) is 6.05. The molecule has 2 rings (SSSR count). The summed E-state index contributed by atoms with van der Waals surface area (Å²) in [6.45, 7) is 2.75. The van der Waals surface area contributed by atoms with Crippen LogP contribution < -0.4 is 5.32 Å². The molecular formula is C11H17F3N2OS. The molecule has 2 atom stereocenters. The lowest BCUT2D eigenvalue weighted by Crippen LogP contribution is -2.56. The number of halogens is 3. The average Bonchev–Trinajstić information content (AvgIpc) is 2.77. The molecule has 1 N–H and O–H groups in total. The van der Waals surface area contributed by atoms with Crippen LogP contribution in [0.5, 0.6) is 0 Å². The van der Waals surface area contributed by atoms with Crippen molar-refractivity contribution in [2.45, 2.75) is 24.8 Å². The van der Waals surface area contributed by atoms with Gasteiger partial charge in [-0.1, -0.05) is 6.92 Å². The molecule has 2 heterocycles. The fourth-order valence-corrected chi connectivity index (χ4v) is 3.56.